The molecule has 0 saturated heterocycles. The van der Waals surface area contributed by atoms with Crippen LogP contribution in [-0.2, 0) is 16.2 Å². The van der Waals surface area contributed by atoms with E-state index in [2.05, 4.69) is 97.5 Å². The van der Waals surface area contributed by atoms with E-state index in [0.29, 0.717) is 0 Å². The summed E-state index contributed by atoms with van der Waals surface area (Å²) >= 11 is 0. The molecule has 0 spiro atoms. The molecule has 2 aromatic rings. The molecule has 1 atom stereocenters. The Labute approximate surface area is 147 Å². The van der Waals surface area contributed by atoms with Gasteiger partial charge in [-0.1, -0.05) is 84.0 Å². The van der Waals surface area contributed by atoms with Crippen LogP contribution in [0.3, 0.4) is 0 Å². The van der Waals surface area contributed by atoms with Gasteiger partial charge in [0.2, 0.25) is 0 Å². The predicted molar refractivity (Wildman–Crippen MR) is 106 cm³/mol. The minimum atomic E-state index is -0.109. The minimum absolute atomic E-state index is 0.109. The van der Waals surface area contributed by atoms with Crippen molar-refractivity contribution in [2.24, 2.45) is 0 Å². The van der Waals surface area contributed by atoms with Gasteiger partial charge < -0.3 is 0 Å². The van der Waals surface area contributed by atoms with Gasteiger partial charge in [0, 0.05) is 5.41 Å². The van der Waals surface area contributed by atoms with Gasteiger partial charge in [-0.25, -0.2) is 0 Å². The Morgan fingerprint density at radius 3 is 2.08 bits per heavy atom. The fraction of sp³-hybridized carbons (Fsp3) is 0.417. The summed E-state index contributed by atoms with van der Waals surface area (Å²) in [6.45, 7) is 20.2. The van der Waals surface area contributed by atoms with Crippen LogP contribution in [-0.4, -0.2) is 0 Å². The van der Waals surface area contributed by atoms with E-state index in [0.717, 1.165) is 0 Å². The van der Waals surface area contributed by atoms with Crippen molar-refractivity contribution < 1.29 is 0 Å². The maximum atomic E-state index is 4.18. The SMILES string of the molecule is C=CC1(C)c2ccc(C(C)(C)C)cc2-c2c(C(C)(C)C)cccc21. The first-order valence-corrected chi connectivity index (χ1v) is 8.93. The molecule has 1 aliphatic rings. The topological polar surface area (TPSA) is 0 Å². The first kappa shape index (κ1) is 17.0. The molecule has 0 heterocycles. The van der Waals surface area contributed by atoms with Crippen molar-refractivity contribution in [1.82, 2.24) is 0 Å². The zero-order valence-corrected chi connectivity index (χ0v) is 16.2. The van der Waals surface area contributed by atoms with E-state index in [-0.39, 0.29) is 16.2 Å². The highest BCUT2D eigenvalue weighted by atomic mass is 14.4. The molecule has 0 N–H and O–H groups in total. The van der Waals surface area contributed by atoms with Crippen LogP contribution >= 0.6 is 0 Å². The van der Waals surface area contributed by atoms with Gasteiger partial charge in [-0.05, 0) is 51.1 Å². The highest BCUT2D eigenvalue weighted by molar-refractivity contribution is 5.85. The highest BCUT2D eigenvalue weighted by Crippen LogP contribution is 2.53. The fourth-order valence-corrected chi connectivity index (χ4v) is 3.94. The summed E-state index contributed by atoms with van der Waals surface area (Å²) < 4.78 is 0. The molecule has 3 rings (SSSR count). The number of rotatable bonds is 1. The van der Waals surface area contributed by atoms with E-state index in [9.17, 15) is 0 Å². The molecule has 2 aromatic carbocycles. The van der Waals surface area contributed by atoms with E-state index < -0.39 is 0 Å². The third kappa shape index (κ3) is 2.35. The molecule has 0 bridgehead atoms. The van der Waals surface area contributed by atoms with Crippen molar-refractivity contribution >= 4 is 0 Å². The Bertz CT molecular complexity index is 809. The molecular formula is C24H30. The molecule has 1 aliphatic carbocycles. The highest BCUT2D eigenvalue weighted by Gasteiger charge is 2.40. The van der Waals surface area contributed by atoms with Gasteiger partial charge in [-0.2, -0.15) is 0 Å². The zero-order chi connectivity index (χ0) is 17.9. The quantitative estimate of drug-likeness (QED) is 0.510. The second-order valence-corrected chi connectivity index (χ2v) is 9.39. The maximum Gasteiger partial charge on any atom is 0.0363 e. The van der Waals surface area contributed by atoms with Crippen molar-refractivity contribution in [3.8, 4) is 11.1 Å². The lowest BCUT2D eigenvalue weighted by Gasteiger charge is -2.26. The Hall–Kier alpha value is -1.82. The van der Waals surface area contributed by atoms with Crippen LogP contribution in [0.1, 0.15) is 70.7 Å². The standard InChI is InChI=1S/C24H30/c1-9-24(8)18-14-13-16(22(2,3)4)15-17(18)21-19(23(5,6)7)11-10-12-20(21)24/h9-15H,1H2,2-8H3. The number of hydrogen-bond donors (Lipinski definition) is 0. The van der Waals surface area contributed by atoms with Crippen LogP contribution in [0.4, 0.5) is 0 Å². The normalized spacial score (nSPS) is 19.8. The summed E-state index contributed by atoms with van der Waals surface area (Å²) in [5.74, 6) is 0. The van der Waals surface area contributed by atoms with Crippen LogP contribution in [0.15, 0.2) is 49.1 Å². The van der Waals surface area contributed by atoms with Crippen LogP contribution in [0.5, 0.6) is 0 Å². The van der Waals surface area contributed by atoms with E-state index in [1.807, 2.05) is 0 Å². The van der Waals surface area contributed by atoms with Crippen molar-refractivity contribution in [3.63, 3.8) is 0 Å². The lowest BCUT2D eigenvalue weighted by Crippen LogP contribution is -2.18. The molecular weight excluding hydrogens is 288 g/mol. The number of benzene rings is 2. The van der Waals surface area contributed by atoms with Crippen LogP contribution in [0.25, 0.3) is 11.1 Å². The summed E-state index contributed by atoms with van der Waals surface area (Å²) in [5.41, 5.74) is 8.58. The summed E-state index contributed by atoms with van der Waals surface area (Å²) in [6, 6.07) is 13.8. The van der Waals surface area contributed by atoms with Gasteiger partial charge in [-0.15, -0.1) is 6.58 Å². The summed E-state index contributed by atoms with van der Waals surface area (Å²) in [6.07, 6.45) is 2.11. The number of hydrogen-bond acceptors (Lipinski definition) is 0. The van der Waals surface area contributed by atoms with Crippen molar-refractivity contribution in [2.45, 2.75) is 64.7 Å². The molecule has 0 saturated carbocycles. The van der Waals surface area contributed by atoms with Gasteiger partial charge in [0.15, 0.2) is 0 Å². The molecule has 0 amide bonds. The average molecular weight is 319 g/mol. The molecule has 0 nitrogen and oxygen atoms in total. The molecule has 126 valence electrons. The lowest BCUT2D eigenvalue weighted by molar-refractivity contribution is 0.589. The Morgan fingerprint density at radius 2 is 1.54 bits per heavy atom. The van der Waals surface area contributed by atoms with Gasteiger partial charge in [0.1, 0.15) is 0 Å². The van der Waals surface area contributed by atoms with E-state index in [1.165, 1.54) is 33.4 Å². The molecule has 0 aromatic heterocycles. The van der Waals surface area contributed by atoms with E-state index >= 15 is 0 Å². The smallest absolute Gasteiger partial charge is 0.0363 e. The Balaban J connectivity index is 2.41. The molecule has 0 heteroatoms. The number of allylic oxidation sites excluding steroid dienone is 1. The summed E-state index contributed by atoms with van der Waals surface area (Å²) in [5, 5.41) is 0. The predicted octanol–water partition coefficient (Wildman–Crippen LogP) is 6.75. The lowest BCUT2D eigenvalue weighted by atomic mass is 9.78. The third-order valence-electron chi connectivity index (χ3n) is 5.55. The van der Waals surface area contributed by atoms with Crippen LogP contribution < -0.4 is 0 Å². The van der Waals surface area contributed by atoms with Gasteiger partial charge in [-0.3, -0.25) is 0 Å². The maximum absolute atomic E-state index is 4.18. The second kappa shape index (κ2) is 5.09. The molecule has 0 radical (unpaired) electrons. The Kier molecular flexibility index (Phi) is 3.61. The molecule has 0 fully saturated rings. The number of fused-ring (bicyclic) bond motifs is 3. The third-order valence-corrected chi connectivity index (χ3v) is 5.55. The van der Waals surface area contributed by atoms with Crippen molar-refractivity contribution in [2.75, 3.05) is 0 Å². The first-order valence-electron chi connectivity index (χ1n) is 8.93. The zero-order valence-electron chi connectivity index (χ0n) is 16.2. The van der Waals surface area contributed by atoms with Gasteiger partial charge in [0.05, 0.1) is 0 Å². The largest absolute Gasteiger partial charge is 0.102 e. The fourth-order valence-electron chi connectivity index (χ4n) is 3.94. The van der Waals surface area contributed by atoms with Gasteiger partial charge >= 0.3 is 0 Å². The minimum Gasteiger partial charge on any atom is -0.102 e. The van der Waals surface area contributed by atoms with Crippen LogP contribution in [0, 0.1) is 0 Å². The molecule has 1 unspecified atom stereocenters. The van der Waals surface area contributed by atoms with Crippen molar-refractivity contribution in [1.29, 1.82) is 0 Å². The van der Waals surface area contributed by atoms with E-state index in [4.69, 9.17) is 0 Å². The average Bonchev–Trinajstić information content (AvgIpc) is 2.75. The second-order valence-electron chi connectivity index (χ2n) is 9.39. The summed E-state index contributed by atoms with van der Waals surface area (Å²) in [7, 11) is 0. The molecule has 24 heavy (non-hydrogen) atoms. The monoisotopic (exact) mass is 318 g/mol. The molecule has 0 aliphatic heterocycles. The first-order chi connectivity index (χ1) is 11.0. The van der Waals surface area contributed by atoms with E-state index in [1.54, 1.807) is 0 Å². The van der Waals surface area contributed by atoms with Crippen LogP contribution in [0.2, 0.25) is 0 Å². The summed E-state index contributed by atoms with van der Waals surface area (Å²) in [4.78, 5) is 0. The van der Waals surface area contributed by atoms with Crippen molar-refractivity contribution in [3.05, 3.63) is 71.3 Å². The Morgan fingerprint density at radius 1 is 0.875 bits per heavy atom. The van der Waals surface area contributed by atoms with Gasteiger partial charge in [0.25, 0.3) is 0 Å².